The summed E-state index contributed by atoms with van der Waals surface area (Å²) >= 11 is 0. The molecule has 1 N–H and O–H groups in total. The molecule has 2 rings (SSSR count). The summed E-state index contributed by atoms with van der Waals surface area (Å²) in [5.74, 6) is 1.15. The highest BCUT2D eigenvalue weighted by Gasteiger charge is 2.25. The molecule has 0 aromatic heterocycles. The van der Waals surface area contributed by atoms with Crippen molar-refractivity contribution in [2.75, 3.05) is 25.2 Å². The Kier molecular flexibility index (Phi) is 5.22. The van der Waals surface area contributed by atoms with E-state index in [1.54, 1.807) is 7.05 Å². The zero-order valence-electron chi connectivity index (χ0n) is 12.2. The molecule has 21 heavy (non-hydrogen) atoms. The molecule has 0 unspecified atom stereocenters. The van der Waals surface area contributed by atoms with Crippen LogP contribution >= 0.6 is 0 Å². The van der Waals surface area contributed by atoms with E-state index >= 15 is 0 Å². The lowest BCUT2D eigenvalue weighted by molar-refractivity contribution is -0.122. The second kappa shape index (κ2) is 6.93. The molecule has 1 amide bonds. The van der Waals surface area contributed by atoms with Crippen molar-refractivity contribution < 1.29 is 17.9 Å². The highest BCUT2D eigenvalue weighted by Crippen LogP contribution is 2.27. The second-order valence-electron chi connectivity index (χ2n) is 5.40. The topological polar surface area (TPSA) is 72.5 Å². The molecule has 116 valence electrons. The Balaban J connectivity index is 2.04. The van der Waals surface area contributed by atoms with Gasteiger partial charge in [0.1, 0.15) is 5.75 Å². The van der Waals surface area contributed by atoms with Crippen LogP contribution < -0.4 is 10.1 Å². The molecule has 1 aliphatic rings. The fourth-order valence-corrected chi connectivity index (χ4v) is 4.39. The molecule has 1 aromatic carbocycles. The normalized spacial score (nSPS) is 20.7. The molecule has 1 fully saturated rings. The first-order valence-electron chi connectivity index (χ1n) is 7.12. The molecule has 0 aliphatic carbocycles. The fraction of sp³-hybridized carbons (Fsp3) is 0.533. The summed E-state index contributed by atoms with van der Waals surface area (Å²) in [5, 5.41) is 2.50. The van der Waals surface area contributed by atoms with Gasteiger partial charge in [-0.05, 0) is 36.8 Å². The Bertz CT molecular complexity index is 597. The molecule has 6 heteroatoms. The molecule has 1 atom stereocenters. The summed E-state index contributed by atoms with van der Waals surface area (Å²) in [4.78, 5) is 11.3. The Labute approximate surface area is 125 Å². The van der Waals surface area contributed by atoms with Crippen LogP contribution in [0.5, 0.6) is 5.75 Å². The Hall–Kier alpha value is -1.56. The fourth-order valence-electron chi connectivity index (χ4n) is 2.62. The Morgan fingerprint density at radius 3 is 2.86 bits per heavy atom. The van der Waals surface area contributed by atoms with Crippen LogP contribution in [0.4, 0.5) is 0 Å². The molecule has 0 saturated carbocycles. The van der Waals surface area contributed by atoms with Gasteiger partial charge in [-0.3, -0.25) is 4.79 Å². The van der Waals surface area contributed by atoms with E-state index in [9.17, 15) is 13.2 Å². The lowest BCUT2D eigenvalue weighted by Crippen LogP contribution is -2.27. The highest BCUT2D eigenvalue weighted by atomic mass is 32.2. The SMILES string of the molecule is CNC(=O)COc1ccccc1C[C@H]1CCCS(=O)(=O)C1. The van der Waals surface area contributed by atoms with Crippen LogP contribution in [0.1, 0.15) is 18.4 Å². The van der Waals surface area contributed by atoms with E-state index < -0.39 is 9.84 Å². The molecule has 0 radical (unpaired) electrons. The van der Waals surface area contributed by atoms with Crippen molar-refractivity contribution in [2.45, 2.75) is 19.3 Å². The number of benzene rings is 1. The van der Waals surface area contributed by atoms with Crippen LogP contribution in [-0.4, -0.2) is 39.5 Å². The Morgan fingerprint density at radius 2 is 2.14 bits per heavy atom. The molecule has 1 aliphatic heterocycles. The minimum absolute atomic E-state index is 0.0313. The first-order valence-corrected chi connectivity index (χ1v) is 8.94. The van der Waals surface area contributed by atoms with Crippen molar-refractivity contribution in [3.05, 3.63) is 29.8 Å². The van der Waals surface area contributed by atoms with Crippen molar-refractivity contribution in [3.63, 3.8) is 0 Å². The largest absolute Gasteiger partial charge is 0.483 e. The number of sulfone groups is 1. The highest BCUT2D eigenvalue weighted by molar-refractivity contribution is 7.91. The summed E-state index contributed by atoms with van der Waals surface area (Å²) in [6.45, 7) is -0.0313. The predicted molar refractivity (Wildman–Crippen MR) is 81.1 cm³/mol. The van der Waals surface area contributed by atoms with Gasteiger partial charge in [-0.1, -0.05) is 18.2 Å². The Morgan fingerprint density at radius 1 is 1.38 bits per heavy atom. The van der Waals surface area contributed by atoms with Gasteiger partial charge < -0.3 is 10.1 Å². The van der Waals surface area contributed by atoms with Gasteiger partial charge in [0.15, 0.2) is 16.4 Å². The number of hydrogen-bond acceptors (Lipinski definition) is 4. The monoisotopic (exact) mass is 311 g/mol. The molecule has 5 nitrogen and oxygen atoms in total. The van der Waals surface area contributed by atoms with Crippen LogP contribution in [0, 0.1) is 5.92 Å². The molecular weight excluding hydrogens is 290 g/mol. The maximum absolute atomic E-state index is 11.7. The van der Waals surface area contributed by atoms with E-state index in [0.29, 0.717) is 17.9 Å². The molecule has 1 heterocycles. The molecular formula is C15H21NO4S. The van der Waals surface area contributed by atoms with Gasteiger partial charge >= 0.3 is 0 Å². The number of ether oxygens (including phenoxy) is 1. The zero-order valence-corrected chi connectivity index (χ0v) is 13.0. The number of para-hydroxylation sites is 1. The number of hydrogen-bond donors (Lipinski definition) is 1. The minimum atomic E-state index is -2.90. The first-order chi connectivity index (χ1) is 10.00. The third-order valence-electron chi connectivity index (χ3n) is 3.68. The van der Waals surface area contributed by atoms with Gasteiger partial charge in [0.25, 0.3) is 5.91 Å². The standard InChI is InChI=1S/C15H21NO4S/c1-16-15(17)10-20-14-7-3-2-6-13(14)9-12-5-4-8-21(18,19)11-12/h2-3,6-7,12H,4-5,8-11H2,1H3,(H,16,17)/t12-/m1/s1. The predicted octanol–water partition coefficient (Wildman–Crippen LogP) is 1.18. The molecule has 1 aromatic rings. The van der Waals surface area contributed by atoms with E-state index in [-0.39, 0.29) is 24.2 Å². The lowest BCUT2D eigenvalue weighted by atomic mass is 9.96. The summed E-state index contributed by atoms with van der Waals surface area (Å²) in [6, 6.07) is 7.50. The van der Waals surface area contributed by atoms with Crippen molar-refractivity contribution in [3.8, 4) is 5.75 Å². The van der Waals surface area contributed by atoms with Crippen LogP contribution in [0.2, 0.25) is 0 Å². The maximum atomic E-state index is 11.7. The number of rotatable bonds is 5. The van der Waals surface area contributed by atoms with E-state index in [2.05, 4.69) is 5.32 Å². The van der Waals surface area contributed by atoms with Crippen LogP contribution in [0.15, 0.2) is 24.3 Å². The van der Waals surface area contributed by atoms with Gasteiger partial charge in [0, 0.05) is 7.05 Å². The van der Waals surface area contributed by atoms with Crippen LogP contribution in [-0.2, 0) is 21.1 Å². The van der Waals surface area contributed by atoms with E-state index in [1.165, 1.54) is 0 Å². The minimum Gasteiger partial charge on any atom is -0.483 e. The van der Waals surface area contributed by atoms with Crippen molar-refractivity contribution in [1.29, 1.82) is 0 Å². The summed E-state index contributed by atoms with van der Waals surface area (Å²) in [7, 11) is -1.34. The number of nitrogens with one attached hydrogen (secondary N) is 1. The van der Waals surface area contributed by atoms with Gasteiger partial charge in [0.05, 0.1) is 11.5 Å². The van der Waals surface area contributed by atoms with E-state index in [1.807, 2.05) is 24.3 Å². The molecule has 1 saturated heterocycles. The van der Waals surface area contributed by atoms with Crippen LogP contribution in [0.25, 0.3) is 0 Å². The molecule has 0 bridgehead atoms. The van der Waals surface area contributed by atoms with Gasteiger partial charge in [-0.25, -0.2) is 8.42 Å². The molecule has 0 spiro atoms. The van der Waals surface area contributed by atoms with Crippen molar-refractivity contribution >= 4 is 15.7 Å². The van der Waals surface area contributed by atoms with Gasteiger partial charge in [-0.15, -0.1) is 0 Å². The van der Waals surface area contributed by atoms with E-state index in [0.717, 1.165) is 18.4 Å². The average molecular weight is 311 g/mol. The third kappa shape index (κ3) is 4.74. The lowest BCUT2D eigenvalue weighted by Gasteiger charge is -2.22. The smallest absolute Gasteiger partial charge is 0.257 e. The van der Waals surface area contributed by atoms with Gasteiger partial charge in [0.2, 0.25) is 0 Å². The second-order valence-corrected chi connectivity index (χ2v) is 7.63. The number of carbonyl (C=O) groups excluding carboxylic acids is 1. The first kappa shape index (κ1) is 15.8. The maximum Gasteiger partial charge on any atom is 0.257 e. The van der Waals surface area contributed by atoms with E-state index in [4.69, 9.17) is 4.74 Å². The summed E-state index contributed by atoms with van der Waals surface area (Å²) in [5.41, 5.74) is 0.962. The van der Waals surface area contributed by atoms with Crippen LogP contribution in [0.3, 0.4) is 0 Å². The number of amides is 1. The van der Waals surface area contributed by atoms with Crippen molar-refractivity contribution in [2.24, 2.45) is 5.92 Å². The average Bonchev–Trinajstić information content (AvgIpc) is 2.45. The quantitative estimate of drug-likeness (QED) is 0.886. The number of likely N-dealkylation sites (N-methyl/N-ethyl adjacent to an activating group) is 1. The third-order valence-corrected chi connectivity index (χ3v) is 5.57. The number of carbonyl (C=O) groups is 1. The van der Waals surface area contributed by atoms with Gasteiger partial charge in [-0.2, -0.15) is 0 Å². The summed E-state index contributed by atoms with van der Waals surface area (Å²) < 4.78 is 28.9. The zero-order chi connectivity index (χ0) is 15.3. The summed E-state index contributed by atoms with van der Waals surface area (Å²) in [6.07, 6.45) is 2.32. The van der Waals surface area contributed by atoms with Crippen molar-refractivity contribution in [1.82, 2.24) is 5.32 Å².